The Morgan fingerprint density at radius 3 is 2.65 bits per heavy atom. The summed E-state index contributed by atoms with van der Waals surface area (Å²) in [5.74, 6) is -3.22. The SMILES string of the molecule is CC(=O)O[C@H]1C(=O)C=C(C)[C@H]2CC3=C(C)C(=O)O[C@]3(O)C[C@@]21C. The molecule has 1 saturated carbocycles. The fourth-order valence-corrected chi connectivity index (χ4v) is 4.28. The lowest BCUT2D eigenvalue weighted by Crippen LogP contribution is -2.57. The molecule has 1 aliphatic heterocycles. The summed E-state index contributed by atoms with van der Waals surface area (Å²) >= 11 is 0. The summed E-state index contributed by atoms with van der Waals surface area (Å²) in [6.45, 7) is 6.53. The van der Waals surface area contributed by atoms with Gasteiger partial charge in [-0.3, -0.25) is 9.59 Å². The highest BCUT2D eigenvalue weighted by Crippen LogP contribution is 2.57. The van der Waals surface area contributed by atoms with Crippen LogP contribution in [0.1, 0.15) is 40.5 Å². The molecule has 0 aromatic rings. The van der Waals surface area contributed by atoms with Gasteiger partial charge in [-0.1, -0.05) is 12.5 Å². The molecule has 6 heteroatoms. The summed E-state index contributed by atoms with van der Waals surface area (Å²) in [5, 5.41) is 10.8. The van der Waals surface area contributed by atoms with E-state index in [0.717, 1.165) is 5.57 Å². The third-order valence-corrected chi connectivity index (χ3v) is 5.38. The number of carbonyl (C=O) groups excluding carboxylic acids is 3. The average molecular weight is 320 g/mol. The number of hydrogen-bond acceptors (Lipinski definition) is 6. The number of rotatable bonds is 1. The van der Waals surface area contributed by atoms with Gasteiger partial charge in [-0.15, -0.1) is 0 Å². The Morgan fingerprint density at radius 2 is 2.04 bits per heavy atom. The Kier molecular flexibility index (Phi) is 3.30. The number of fused-ring (bicyclic) bond motifs is 2. The normalized spacial score (nSPS) is 39.4. The molecule has 0 aromatic carbocycles. The second kappa shape index (κ2) is 4.77. The van der Waals surface area contributed by atoms with Crippen molar-refractivity contribution in [1.29, 1.82) is 0 Å². The van der Waals surface area contributed by atoms with Gasteiger partial charge in [0, 0.05) is 29.9 Å². The summed E-state index contributed by atoms with van der Waals surface area (Å²) in [7, 11) is 0. The smallest absolute Gasteiger partial charge is 0.336 e. The zero-order valence-electron chi connectivity index (χ0n) is 13.6. The third kappa shape index (κ3) is 2.16. The van der Waals surface area contributed by atoms with Gasteiger partial charge in [0.15, 0.2) is 11.9 Å². The van der Waals surface area contributed by atoms with Crippen LogP contribution in [-0.4, -0.2) is 34.7 Å². The number of ketones is 1. The van der Waals surface area contributed by atoms with E-state index in [1.807, 2.05) is 6.92 Å². The molecule has 1 N–H and O–H groups in total. The number of esters is 2. The van der Waals surface area contributed by atoms with Gasteiger partial charge < -0.3 is 14.6 Å². The number of ether oxygens (including phenoxy) is 2. The molecule has 0 aromatic heterocycles. The Morgan fingerprint density at radius 1 is 1.39 bits per heavy atom. The lowest BCUT2D eigenvalue weighted by Gasteiger charge is -2.51. The average Bonchev–Trinajstić information content (AvgIpc) is 2.62. The molecule has 0 radical (unpaired) electrons. The molecule has 0 unspecified atom stereocenters. The highest BCUT2D eigenvalue weighted by molar-refractivity contribution is 5.97. The molecule has 23 heavy (non-hydrogen) atoms. The van der Waals surface area contributed by atoms with Crippen LogP contribution in [0, 0.1) is 11.3 Å². The number of carbonyl (C=O) groups is 3. The number of aliphatic hydroxyl groups is 1. The Balaban J connectivity index is 2.10. The van der Waals surface area contributed by atoms with Crippen molar-refractivity contribution in [2.24, 2.45) is 11.3 Å². The highest BCUT2D eigenvalue weighted by Gasteiger charge is 2.61. The molecule has 2 aliphatic carbocycles. The van der Waals surface area contributed by atoms with Crippen molar-refractivity contribution >= 4 is 17.7 Å². The van der Waals surface area contributed by atoms with Gasteiger partial charge in [-0.25, -0.2) is 4.79 Å². The van der Waals surface area contributed by atoms with Crippen LogP contribution in [-0.2, 0) is 23.9 Å². The monoisotopic (exact) mass is 320 g/mol. The van der Waals surface area contributed by atoms with E-state index in [9.17, 15) is 19.5 Å². The second-order valence-electron chi connectivity index (χ2n) is 7.00. The largest absolute Gasteiger partial charge is 0.454 e. The first-order chi connectivity index (χ1) is 10.6. The summed E-state index contributed by atoms with van der Waals surface area (Å²) in [6, 6.07) is 0. The summed E-state index contributed by atoms with van der Waals surface area (Å²) < 4.78 is 10.4. The summed E-state index contributed by atoms with van der Waals surface area (Å²) in [6.07, 6.45) is 0.937. The van der Waals surface area contributed by atoms with Crippen molar-refractivity contribution in [2.45, 2.75) is 52.4 Å². The van der Waals surface area contributed by atoms with Crippen molar-refractivity contribution in [3.8, 4) is 0 Å². The molecule has 0 amide bonds. The van der Waals surface area contributed by atoms with Crippen molar-refractivity contribution < 1.29 is 29.0 Å². The Hall–Kier alpha value is -1.95. The van der Waals surface area contributed by atoms with Crippen LogP contribution in [0.15, 0.2) is 22.8 Å². The Bertz CT molecular complexity index is 687. The Labute approximate surface area is 134 Å². The van der Waals surface area contributed by atoms with E-state index in [0.29, 0.717) is 17.6 Å². The van der Waals surface area contributed by atoms with E-state index in [1.54, 1.807) is 13.8 Å². The van der Waals surface area contributed by atoms with Gasteiger partial charge in [-0.2, -0.15) is 0 Å². The molecule has 3 rings (SSSR count). The fraction of sp³-hybridized carbons (Fsp3) is 0.588. The predicted octanol–water partition coefficient (Wildman–Crippen LogP) is 1.43. The second-order valence-corrected chi connectivity index (χ2v) is 7.00. The van der Waals surface area contributed by atoms with Gasteiger partial charge in [0.2, 0.25) is 5.79 Å². The van der Waals surface area contributed by atoms with Gasteiger partial charge in [0.05, 0.1) is 0 Å². The van der Waals surface area contributed by atoms with Crippen LogP contribution in [0.4, 0.5) is 0 Å². The van der Waals surface area contributed by atoms with E-state index in [2.05, 4.69) is 0 Å². The van der Waals surface area contributed by atoms with Crippen molar-refractivity contribution in [3.63, 3.8) is 0 Å². The van der Waals surface area contributed by atoms with E-state index in [-0.39, 0.29) is 18.1 Å². The topological polar surface area (TPSA) is 89.9 Å². The first kappa shape index (κ1) is 15.9. The van der Waals surface area contributed by atoms with Gasteiger partial charge in [-0.05, 0) is 32.3 Å². The fourth-order valence-electron chi connectivity index (χ4n) is 4.28. The minimum Gasteiger partial charge on any atom is -0.454 e. The molecule has 0 bridgehead atoms. The lowest BCUT2D eigenvalue weighted by atomic mass is 9.56. The molecule has 0 saturated heterocycles. The lowest BCUT2D eigenvalue weighted by molar-refractivity contribution is -0.214. The van der Waals surface area contributed by atoms with Crippen LogP contribution >= 0.6 is 0 Å². The molecule has 1 heterocycles. The van der Waals surface area contributed by atoms with Gasteiger partial charge in [0.1, 0.15) is 0 Å². The van der Waals surface area contributed by atoms with Gasteiger partial charge >= 0.3 is 11.9 Å². The third-order valence-electron chi connectivity index (χ3n) is 5.38. The first-order valence-corrected chi connectivity index (χ1v) is 7.64. The molecule has 1 fully saturated rings. The molecular formula is C17H20O6. The van der Waals surface area contributed by atoms with Crippen molar-refractivity contribution in [3.05, 3.63) is 22.8 Å². The van der Waals surface area contributed by atoms with Crippen molar-refractivity contribution in [2.75, 3.05) is 0 Å². The van der Waals surface area contributed by atoms with Gasteiger partial charge in [0.25, 0.3) is 0 Å². The molecule has 3 aliphatic rings. The molecule has 4 atom stereocenters. The molecule has 124 valence electrons. The standard InChI is InChI=1S/C17H20O6/c1-8-5-13(19)14(22-10(3)18)16(4)7-17(21)12(6-11(8)16)9(2)15(20)23-17/h5,11,14,21H,6-7H2,1-4H3/t11-,14+,16+,17-/m1/s1. The van der Waals surface area contributed by atoms with E-state index >= 15 is 0 Å². The predicted molar refractivity (Wildman–Crippen MR) is 78.9 cm³/mol. The number of allylic oxidation sites excluding steroid dienone is 1. The molecular weight excluding hydrogens is 300 g/mol. The summed E-state index contributed by atoms with van der Waals surface area (Å²) in [4.78, 5) is 35.6. The zero-order chi connectivity index (χ0) is 17.2. The van der Waals surface area contributed by atoms with Crippen LogP contribution in [0.3, 0.4) is 0 Å². The van der Waals surface area contributed by atoms with Crippen molar-refractivity contribution in [1.82, 2.24) is 0 Å². The first-order valence-electron chi connectivity index (χ1n) is 7.64. The minimum absolute atomic E-state index is 0.0257. The molecule has 6 nitrogen and oxygen atoms in total. The van der Waals surface area contributed by atoms with Crippen LogP contribution in [0.5, 0.6) is 0 Å². The quantitative estimate of drug-likeness (QED) is 0.735. The maximum absolute atomic E-state index is 12.4. The van der Waals surface area contributed by atoms with Crippen LogP contribution in [0.2, 0.25) is 0 Å². The summed E-state index contributed by atoms with van der Waals surface area (Å²) in [5.41, 5.74) is 1.02. The van der Waals surface area contributed by atoms with E-state index in [1.165, 1.54) is 13.0 Å². The minimum atomic E-state index is -1.72. The van der Waals surface area contributed by atoms with Crippen LogP contribution < -0.4 is 0 Å². The number of hydrogen-bond donors (Lipinski definition) is 1. The van der Waals surface area contributed by atoms with E-state index < -0.39 is 29.2 Å². The van der Waals surface area contributed by atoms with Crippen LogP contribution in [0.25, 0.3) is 0 Å². The maximum atomic E-state index is 12.4. The zero-order valence-corrected chi connectivity index (χ0v) is 13.6. The highest BCUT2D eigenvalue weighted by atomic mass is 16.7. The molecule has 0 spiro atoms. The maximum Gasteiger partial charge on any atom is 0.336 e. The van der Waals surface area contributed by atoms with E-state index in [4.69, 9.17) is 9.47 Å².